The van der Waals surface area contributed by atoms with E-state index < -0.39 is 24.0 Å². The summed E-state index contributed by atoms with van der Waals surface area (Å²) in [6.45, 7) is -0.421. The summed E-state index contributed by atoms with van der Waals surface area (Å²) in [5.41, 5.74) is -0.0969. The molecule has 1 aliphatic carbocycles. The van der Waals surface area contributed by atoms with Gasteiger partial charge in [0.1, 0.15) is 12.4 Å². The molecule has 1 saturated carbocycles. The average molecular weight is 478 g/mol. The normalized spacial score (nSPS) is 14.0. The molecule has 0 spiro atoms. The number of carbonyl (C=O) groups is 2. The van der Waals surface area contributed by atoms with E-state index in [1.807, 2.05) is 0 Å². The molecule has 4 aromatic rings. The van der Waals surface area contributed by atoms with Crippen molar-refractivity contribution >= 4 is 34.2 Å². The topological polar surface area (TPSA) is 120 Å². The van der Waals surface area contributed by atoms with Gasteiger partial charge in [0.25, 0.3) is 11.5 Å². The number of aryl methyl sites for hydroxylation is 1. The molecule has 2 aromatic carbocycles. The summed E-state index contributed by atoms with van der Waals surface area (Å²) < 4.78 is 16.5. The van der Waals surface area contributed by atoms with Crippen LogP contribution in [0.15, 0.2) is 52.1 Å². The van der Waals surface area contributed by atoms with Crippen LogP contribution >= 0.6 is 0 Å². The van der Waals surface area contributed by atoms with Gasteiger partial charge in [0.05, 0.1) is 10.9 Å². The van der Waals surface area contributed by atoms with Gasteiger partial charge in [-0.25, -0.2) is 18.3 Å². The van der Waals surface area contributed by atoms with Crippen LogP contribution in [0.2, 0.25) is 0 Å². The number of rotatable bonds is 5. The first-order valence-corrected chi connectivity index (χ1v) is 11.3. The number of amides is 2. The van der Waals surface area contributed by atoms with Crippen molar-refractivity contribution in [1.29, 1.82) is 0 Å². The number of anilines is 1. The van der Waals surface area contributed by atoms with Crippen LogP contribution in [0.4, 0.5) is 10.1 Å². The number of halogens is 1. The molecular weight excluding hydrogens is 455 g/mol. The van der Waals surface area contributed by atoms with Gasteiger partial charge in [-0.05, 0) is 55.3 Å². The number of nitrogens with one attached hydrogen (secondary N) is 2. The summed E-state index contributed by atoms with van der Waals surface area (Å²) in [6, 6.07) is 9.90. The summed E-state index contributed by atoms with van der Waals surface area (Å²) in [5, 5.41) is 10.0. The molecule has 180 valence electrons. The Kier molecular flexibility index (Phi) is 5.67. The minimum Gasteiger partial charge on any atom is -0.349 e. The second kappa shape index (κ2) is 8.82. The first-order chi connectivity index (χ1) is 16.8. The number of aromatic nitrogens is 4. The Labute approximate surface area is 198 Å². The summed E-state index contributed by atoms with van der Waals surface area (Å²) in [6.07, 6.45) is 4.00. The molecule has 10 nitrogen and oxygen atoms in total. The minimum absolute atomic E-state index is 0.0374. The molecule has 0 bridgehead atoms. The fourth-order valence-corrected chi connectivity index (χ4v) is 4.45. The lowest BCUT2D eigenvalue weighted by Gasteiger charge is -2.12. The van der Waals surface area contributed by atoms with Gasteiger partial charge in [-0.3, -0.25) is 19.0 Å². The van der Waals surface area contributed by atoms with Crippen molar-refractivity contribution in [3.05, 3.63) is 74.7 Å². The van der Waals surface area contributed by atoms with E-state index >= 15 is 0 Å². The molecule has 11 heteroatoms. The zero-order valence-corrected chi connectivity index (χ0v) is 19.0. The maximum atomic E-state index is 13.2. The second-order valence-electron chi connectivity index (χ2n) is 8.68. The Morgan fingerprint density at radius 2 is 1.80 bits per heavy atom. The monoisotopic (exact) mass is 478 g/mol. The molecule has 2 heterocycles. The van der Waals surface area contributed by atoms with Gasteiger partial charge in [0.2, 0.25) is 11.7 Å². The highest BCUT2D eigenvalue weighted by Gasteiger charge is 2.21. The Balaban J connectivity index is 1.52. The molecule has 0 unspecified atom stereocenters. The van der Waals surface area contributed by atoms with E-state index in [1.54, 1.807) is 6.07 Å². The van der Waals surface area contributed by atoms with E-state index in [1.165, 1.54) is 52.4 Å². The summed E-state index contributed by atoms with van der Waals surface area (Å²) in [4.78, 5) is 51.4. The standard InChI is InChI=1S/C24H23FN6O4/c1-29-22(34)18-11-6-14(21(33)27-16-4-2-3-5-16)12-19(18)31-23(29)28-30(24(31)35)13-20(32)26-17-9-7-15(25)8-10-17/h6-12,16H,2-5,13H2,1H3,(H,26,32)(H,27,33). The number of fused-ring (bicyclic) bond motifs is 3. The van der Waals surface area contributed by atoms with E-state index in [2.05, 4.69) is 15.7 Å². The average Bonchev–Trinajstić information content (AvgIpc) is 3.46. The largest absolute Gasteiger partial charge is 0.352 e. The third-order valence-electron chi connectivity index (χ3n) is 6.27. The molecule has 1 aliphatic rings. The number of hydrogen-bond acceptors (Lipinski definition) is 5. The molecular formula is C24H23FN6O4. The van der Waals surface area contributed by atoms with Gasteiger partial charge in [-0.2, -0.15) is 0 Å². The van der Waals surface area contributed by atoms with Crippen LogP contribution in [0, 0.1) is 5.82 Å². The van der Waals surface area contributed by atoms with Crippen LogP contribution < -0.4 is 21.9 Å². The Morgan fingerprint density at radius 3 is 2.51 bits per heavy atom. The molecule has 2 amide bonds. The van der Waals surface area contributed by atoms with E-state index in [0.29, 0.717) is 11.3 Å². The number of benzene rings is 2. The fraction of sp³-hybridized carbons (Fsp3) is 0.292. The summed E-state index contributed by atoms with van der Waals surface area (Å²) in [5.74, 6) is -1.22. The van der Waals surface area contributed by atoms with Crippen molar-refractivity contribution in [3.8, 4) is 0 Å². The number of carbonyl (C=O) groups excluding carboxylic acids is 2. The van der Waals surface area contributed by atoms with Gasteiger partial charge in [0.15, 0.2) is 0 Å². The third-order valence-corrected chi connectivity index (χ3v) is 6.27. The predicted molar refractivity (Wildman–Crippen MR) is 127 cm³/mol. The molecule has 5 rings (SSSR count). The maximum Gasteiger partial charge on any atom is 0.352 e. The van der Waals surface area contributed by atoms with Gasteiger partial charge >= 0.3 is 5.69 Å². The van der Waals surface area contributed by atoms with Crippen molar-refractivity contribution in [3.63, 3.8) is 0 Å². The van der Waals surface area contributed by atoms with Crippen LogP contribution in [0.1, 0.15) is 36.0 Å². The molecule has 0 aliphatic heterocycles. The quantitative estimate of drug-likeness (QED) is 0.453. The van der Waals surface area contributed by atoms with Crippen LogP contribution in [0.25, 0.3) is 16.7 Å². The zero-order valence-electron chi connectivity index (χ0n) is 19.0. The van der Waals surface area contributed by atoms with Crippen molar-refractivity contribution in [2.24, 2.45) is 7.05 Å². The molecule has 35 heavy (non-hydrogen) atoms. The highest BCUT2D eigenvalue weighted by molar-refractivity contribution is 5.98. The van der Waals surface area contributed by atoms with E-state index in [9.17, 15) is 23.6 Å². The molecule has 0 saturated heterocycles. The zero-order chi connectivity index (χ0) is 24.7. The van der Waals surface area contributed by atoms with Gasteiger partial charge in [-0.1, -0.05) is 12.8 Å². The number of hydrogen-bond donors (Lipinski definition) is 2. The molecule has 1 fully saturated rings. The fourth-order valence-electron chi connectivity index (χ4n) is 4.45. The van der Waals surface area contributed by atoms with Crippen molar-refractivity contribution in [2.75, 3.05) is 5.32 Å². The van der Waals surface area contributed by atoms with Crippen LogP contribution in [0.3, 0.4) is 0 Å². The molecule has 0 radical (unpaired) electrons. The summed E-state index contributed by atoms with van der Waals surface area (Å²) in [7, 11) is 1.48. The Bertz CT molecular complexity index is 1580. The van der Waals surface area contributed by atoms with Gasteiger partial charge in [-0.15, -0.1) is 5.10 Å². The number of nitrogens with zero attached hydrogens (tertiary/aromatic N) is 4. The molecule has 2 N–H and O–H groups in total. The second-order valence-corrected chi connectivity index (χ2v) is 8.68. The van der Waals surface area contributed by atoms with Gasteiger partial charge in [0, 0.05) is 24.3 Å². The van der Waals surface area contributed by atoms with Crippen LogP contribution in [-0.4, -0.2) is 36.6 Å². The lowest BCUT2D eigenvalue weighted by atomic mass is 10.1. The van der Waals surface area contributed by atoms with E-state index in [-0.39, 0.29) is 34.2 Å². The first-order valence-electron chi connectivity index (χ1n) is 11.3. The molecule has 2 aromatic heterocycles. The van der Waals surface area contributed by atoms with E-state index in [4.69, 9.17) is 0 Å². The Morgan fingerprint density at radius 1 is 1.09 bits per heavy atom. The highest BCUT2D eigenvalue weighted by Crippen LogP contribution is 2.19. The SMILES string of the molecule is Cn1c(=O)c2ccc(C(=O)NC3CCCC3)cc2n2c(=O)n(CC(=O)Nc3ccc(F)cc3)nc12. The first kappa shape index (κ1) is 22.5. The lowest BCUT2D eigenvalue weighted by Crippen LogP contribution is -2.32. The Hall–Kier alpha value is -4.28. The smallest absolute Gasteiger partial charge is 0.349 e. The van der Waals surface area contributed by atoms with Crippen LogP contribution in [-0.2, 0) is 18.4 Å². The molecule has 0 atom stereocenters. The van der Waals surface area contributed by atoms with Crippen molar-refractivity contribution in [2.45, 2.75) is 38.3 Å². The predicted octanol–water partition coefficient (Wildman–Crippen LogP) is 1.80. The maximum absolute atomic E-state index is 13.2. The van der Waals surface area contributed by atoms with Crippen molar-refractivity contribution < 1.29 is 14.0 Å². The van der Waals surface area contributed by atoms with Gasteiger partial charge < -0.3 is 10.6 Å². The highest BCUT2D eigenvalue weighted by atomic mass is 19.1. The van der Waals surface area contributed by atoms with E-state index in [0.717, 1.165) is 30.4 Å². The summed E-state index contributed by atoms with van der Waals surface area (Å²) >= 11 is 0. The van der Waals surface area contributed by atoms with Crippen LogP contribution in [0.5, 0.6) is 0 Å². The van der Waals surface area contributed by atoms with Crippen molar-refractivity contribution in [1.82, 2.24) is 24.1 Å². The lowest BCUT2D eigenvalue weighted by molar-refractivity contribution is -0.117. The minimum atomic E-state index is -0.636. The third kappa shape index (κ3) is 4.20.